The van der Waals surface area contributed by atoms with Crippen molar-refractivity contribution in [1.29, 1.82) is 0 Å². The maximum atomic E-state index is 12.3. The number of benzene rings is 1. The second kappa shape index (κ2) is 7.35. The quantitative estimate of drug-likeness (QED) is 0.876. The predicted octanol–water partition coefficient (Wildman–Crippen LogP) is 2.73. The maximum Gasteiger partial charge on any atom is 0.321 e. The third-order valence-electron chi connectivity index (χ3n) is 3.67. The van der Waals surface area contributed by atoms with E-state index >= 15 is 0 Å². The molecular formula is C17H18N4O2S. The van der Waals surface area contributed by atoms with Gasteiger partial charge in [-0.25, -0.2) is 9.78 Å². The molecule has 0 unspecified atom stereocenters. The van der Waals surface area contributed by atoms with E-state index in [0.717, 1.165) is 17.0 Å². The van der Waals surface area contributed by atoms with Crippen LogP contribution in [0.3, 0.4) is 0 Å². The molecule has 2 heterocycles. The number of pyridine rings is 1. The second-order valence-corrected chi connectivity index (χ2v) is 6.23. The van der Waals surface area contributed by atoms with Crippen LogP contribution in [-0.4, -0.2) is 36.3 Å². The zero-order valence-electron chi connectivity index (χ0n) is 13.3. The third kappa shape index (κ3) is 3.68. The van der Waals surface area contributed by atoms with Gasteiger partial charge in [0.2, 0.25) is 0 Å². The summed E-state index contributed by atoms with van der Waals surface area (Å²) in [5, 5.41) is 5.55. The molecule has 0 atom stereocenters. The minimum Gasteiger partial charge on any atom is -0.336 e. The molecule has 0 bridgehead atoms. The van der Waals surface area contributed by atoms with Gasteiger partial charge in [0.25, 0.3) is 5.91 Å². The summed E-state index contributed by atoms with van der Waals surface area (Å²) in [6, 6.07) is 10.7. The molecule has 1 aliphatic rings. The summed E-state index contributed by atoms with van der Waals surface area (Å²) in [4.78, 5) is 29.8. The Bertz CT molecular complexity index is 749. The highest BCUT2D eigenvalue weighted by atomic mass is 32.2. The number of carbonyl (C=O) groups excluding carboxylic acids is 2. The molecule has 0 aliphatic carbocycles. The zero-order chi connectivity index (χ0) is 16.9. The standard InChI is InChI=1S/C17H18N4O2S/c1-24-11-12-6-7-18-15(10-12)20-16(22)13-2-4-14(5-3-13)21-9-8-19-17(21)23/h2-7,10H,8-9,11H2,1H3,(H,19,23)(H,18,20,22). The van der Waals surface area contributed by atoms with Crippen molar-refractivity contribution in [1.82, 2.24) is 10.3 Å². The smallest absolute Gasteiger partial charge is 0.321 e. The van der Waals surface area contributed by atoms with Crippen molar-refractivity contribution in [2.24, 2.45) is 0 Å². The largest absolute Gasteiger partial charge is 0.336 e. The molecular weight excluding hydrogens is 324 g/mol. The number of hydrogen-bond donors (Lipinski definition) is 2. The van der Waals surface area contributed by atoms with Gasteiger partial charge < -0.3 is 10.6 Å². The van der Waals surface area contributed by atoms with E-state index in [4.69, 9.17) is 0 Å². The van der Waals surface area contributed by atoms with Crippen LogP contribution in [0.15, 0.2) is 42.6 Å². The van der Waals surface area contributed by atoms with Crippen LogP contribution in [0.1, 0.15) is 15.9 Å². The number of urea groups is 1. The number of thioether (sulfide) groups is 1. The lowest BCUT2D eigenvalue weighted by Gasteiger charge is -2.14. The van der Waals surface area contributed by atoms with Crippen LogP contribution in [0.5, 0.6) is 0 Å². The molecule has 3 amide bonds. The van der Waals surface area contributed by atoms with Gasteiger partial charge in [0.1, 0.15) is 5.82 Å². The van der Waals surface area contributed by atoms with Crippen LogP contribution >= 0.6 is 11.8 Å². The maximum absolute atomic E-state index is 12.3. The number of nitrogens with one attached hydrogen (secondary N) is 2. The van der Waals surface area contributed by atoms with E-state index in [0.29, 0.717) is 24.5 Å². The number of carbonyl (C=O) groups is 2. The van der Waals surface area contributed by atoms with Crippen molar-refractivity contribution in [2.45, 2.75) is 5.75 Å². The first kappa shape index (κ1) is 16.3. The van der Waals surface area contributed by atoms with Crippen LogP contribution in [0, 0.1) is 0 Å². The SMILES string of the molecule is CSCc1ccnc(NC(=O)c2ccc(N3CCNC3=O)cc2)c1. The summed E-state index contributed by atoms with van der Waals surface area (Å²) in [5.41, 5.74) is 2.42. The zero-order valence-corrected chi connectivity index (χ0v) is 14.1. The van der Waals surface area contributed by atoms with E-state index in [1.807, 2.05) is 18.4 Å². The Morgan fingerprint density at radius 1 is 1.33 bits per heavy atom. The van der Waals surface area contributed by atoms with E-state index in [-0.39, 0.29) is 11.9 Å². The van der Waals surface area contributed by atoms with E-state index in [2.05, 4.69) is 15.6 Å². The van der Waals surface area contributed by atoms with Gasteiger partial charge in [-0.2, -0.15) is 11.8 Å². The van der Waals surface area contributed by atoms with Gasteiger partial charge in [0.15, 0.2) is 0 Å². The number of aromatic nitrogens is 1. The fourth-order valence-corrected chi connectivity index (χ4v) is 3.01. The van der Waals surface area contributed by atoms with Crippen LogP contribution in [0.25, 0.3) is 0 Å². The van der Waals surface area contributed by atoms with E-state index in [9.17, 15) is 9.59 Å². The molecule has 1 aliphatic heterocycles. The average molecular weight is 342 g/mol. The molecule has 1 fully saturated rings. The van der Waals surface area contributed by atoms with Crippen molar-refractivity contribution in [3.8, 4) is 0 Å². The van der Waals surface area contributed by atoms with Gasteiger partial charge in [0, 0.05) is 36.3 Å². The molecule has 124 valence electrons. The fourth-order valence-electron chi connectivity index (χ4n) is 2.50. The second-order valence-electron chi connectivity index (χ2n) is 5.37. The molecule has 24 heavy (non-hydrogen) atoms. The van der Waals surface area contributed by atoms with Crippen molar-refractivity contribution in [2.75, 3.05) is 29.6 Å². The monoisotopic (exact) mass is 342 g/mol. The first-order chi connectivity index (χ1) is 11.7. The molecule has 1 aromatic carbocycles. The molecule has 7 heteroatoms. The Balaban J connectivity index is 1.69. The highest BCUT2D eigenvalue weighted by molar-refractivity contribution is 7.97. The molecule has 0 saturated carbocycles. The lowest BCUT2D eigenvalue weighted by Crippen LogP contribution is -2.27. The van der Waals surface area contributed by atoms with Crippen molar-refractivity contribution >= 4 is 35.2 Å². The molecule has 0 radical (unpaired) electrons. The summed E-state index contributed by atoms with van der Waals surface area (Å²) in [5.74, 6) is 1.19. The summed E-state index contributed by atoms with van der Waals surface area (Å²) in [6.07, 6.45) is 3.72. The summed E-state index contributed by atoms with van der Waals surface area (Å²) < 4.78 is 0. The normalized spacial score (nSPS) is 13.7. The number of rotatable bonds is 5. The van der Waals surface area contributed by atoms with Crippen molar-refractivity contribution in [3.05, 3.63) is 53.7 Å². The van der Waals surface area contributed by atoms with Crippen LogP contribution in [-0.2, 0) is 5.75 Å². The summed E-state index contributed by atoms with van der Waals surface area (Å²) >= 11 is 1.71. The minimum atomic E-state index is -0.221. The van der Waals surface area contributed by atoms with Gasteiger partial charge in [-0.3, -0.25) is 9.69 Å². The summed E-state index contributed by atoms with van der Waals surface area (Å²) in [6.45, 7) is 1.27. The van der Waals surface area contributed by atoms with Gasteiger partial charge in [-0.15, -0.1) is 0 Å². The average Bonchev–Trinajstić information content (AvgIpc) is 3.02. The Labute approximate surface area is 144 Å². The van der Waals surface area contributed by atoms with Gasteiger partial charge in [0.05, 0.1) is 0 Å². The minimum absolute atomic E-state index is 0.109. The number of nitrogens with zero attached hydrogens (tertiary/aromatic N) is 2. The van der Waals surface area contributed by atoms with Crippen molar-refractivity contribution < 1.29 is 9.59 Å². The predicted molar refractivity (Wildman–Crippen MR) is 96.6 cm³/mol. The van der Waals surface area contributed by atoms with E-state index < -0.39 is 0 Å². The van der Waals surface area contributed by atoms with Crippen LogP contribution < -0.4 is 15.5 Å². The van der Waals surface area contributed by atoms with Gasteiger partial charge in [-0.05, 0) is 48.2 Å². The highest BCUT2D eigenvalue weighted by Gasteiger charge is 2.21. The first-order valence-corrected chi connectivity index (χ1v) is 8.97. The third-order valence-corrected chi connectivity index (χ3v) is 4.30. The Kier molecular flexibility index (Phi) is 5.00. The molecule has 1 aromatic heterocycles. The number of anilines is 2. The molecule has 0 spiro atoms. The number of hydrogen-bond acceptors (Lipinski definition) is 4. The molecule has 1 saturated heterocycles. The first-order valence-electron chi connectivity index (χ1n) is 7.58. The Morgan fingerprint density at radius 3 is 2.79 bits per heavy atom. The topological polar surface area (TPSA) is 74.3 Å². The number of amides is 3. The summed E-state index contributed by atoms with van der Waals surface area (Å²) in [7, 11) is 0. The molecule has 2 aromatic rings. The lowest BCUT2D eigenvalue weighted by atomic mass is 10.2. The van der Waals surface area contributed by atoms with Crippen LogP contribution in [0.2, 0.25) is 0 Å². The van der Waals surface area contributed by atoms with Crippen LogP contribution in [0.4, 0.5) is 16.3 Å². The highest BCUT2D eigenvalue weighted by Crippen LogP contribution is 2.18. The van der Waals surface area contributed by atoms with Crippen molar-refractivity contribution in [3.63, 3.8) is 0 Å². The Morgan fingerprint density at radius 2 is 2.12 bits per heavy atom. The van der Waals surface area contributed by atoms with E-state index in [1.54, 1.807) is 47.1 Å². The molecule has 6 nitrogen and oxygen atoms in total. The molecule has 2 N–H and O–H groups in total. The lowest BCUT2D eigenvalue weighted by molar-refractivity contribution is 0.102. The van der Waals surface area contributed by atoms with Gasteiger partial charge in [-0.1, -0.05) is 0 Å². The van der Waals surface area contributed by atoms with E-state index in [1.165, 1.54) is 0 Å². The fraction of sp³-hybridized carbons (Fsp3) is 0.235. The molecule has 3 rings (SSSR count). The Hall–Kier alpha value is -2.54. The van der Waals surface area contributed by atoms with Gasteiger partial charge >= 0.3 is 6.03 Å².